The lowest BCUT2D eigenvalue weighted by Crippen LogP contribution is -1.98. The number of nitrogens with one attached hydrogen (secondary N) is 1. The SMILES string of the molecule is Cn1cc(NCc2csnn2)cn1. The van der Waals surface area contributed by atoms with E-state index in [-0.39, 0.29) is 0 Å². The van der Waals surface area contributed by atoms with Crippen LogP contribution in [0.1, 0.15) is 5.69 Å². The molecule has 0 saturated heterocycles. The maximum atomic E-state index is 4.04. The summed E-state index contributed by atoms with van der Waals surface area (Å²) in [5, 5.41) is 13.1. The van der Waals surface area contributed by atoms with Crippen LogP contribution in [0.25, 0.3) is 0 Å². The quantitative estimate of drug-likeness (QED) is 0.790. The Balaban J connectivity index is 1.93. The highest BCUT2D eigenvalue weighted by atomic mass is 32.1. The third-order valence-corrected chi connectivity index (χ3v) is 2.14. The van der Waals surface area contributed by atoms with Gasteiger partial charge in [-0.15, -0.1) is 5.10 Å². The van der Waals surface area contributed by atoms with Gasteiger partial charge in [-0.2, -0.15) is 5.10 Å². The molecule has 6 heteroatoms. The Hall–Kier alpha value is -1.43. The molecule has 68 valence electrons. The predicted molar refractivity (Wildman–Crippen MR) is 50.4 cm³/mol. The second-order valence-electron chi connectivity index (χ2n) is 2.65. The third-order valence-electron chi connectivity index (χ3n) is 1.58. The zero-order chi connectivity index (χ0) is 9.10. The molecule has 0 spiro atoms. The van der Waals surface area contributed by atoms with Crippen LogP contribution < -0.4 is 5.32 Å². The second-order valence-corrected chi connectivity index (χ2v) is 3.26. The molecule has 2 rings (SSSR count). The molecule has 0 aromatic carbocycles. The minimum Gasteiger partial charge on any atom is -0.377 e. The number of hydrogen-bond acceptors (Lipinski definition) is 5. The molecule has 0 aliphatic rings. The van der Waals surface area contributed by atoms with Crippen LogP contribution in [-0.2, 0) is 13.6 Å². The molecular weight excluding hydrogens is 186 g/mol. The van der Waals surface area contributed by atoms with Crippen molar-refractivity contribution in [3.8, 4) is 0 Å². The van der Waals surface area contributed by atoms with Crippen molar-refractivity contribution in [1.29, 1.82) is 0 Å². The van der Waals surface area contributed by atoms with Crippen LogP contribution >= 0.6 is 11.5 Å². The number of anilines is 1. The van der Waals surface area contributed by atoms with Crippen LogP contribution in [0, 0.1) is 0 Å². The van der Waals surface area contributed by atoms with E-state index in [4.69, 9.17) is 0 Å². The summed E-state index contributed by atoms with van der Waals surface area (Å²) in [6.45, 7) is 0.697. The monoisotopic (exact) mass is 195 g/mol. The minimum absolute atomic E-state index is 0.697. The molecule has 1 N–H and O–H groups in total. The molecule has 13 heavy (non-hydrogen) atoms. The predicted octanol–water partition coefficient (Wildman–Crippen LogP) is 0.884. The molecule has 2 heterocycles. The molecule has 0 atom stereocenters. The highest BCUT2D eigenvalue weighted by Crippen LogP contribution is 2.06. The lowest BCUT2D eigenvalue weighted by molar-refractivity contribution is 0.768. The lowest BCUT2D eigenvalue weighted by Gasteiger charge is -1.97. The van der Waals surface area contributed by atoms with E-state index in [0.29, 0.717) is 6.54 Å². The fourth-order valence-corrected chi connectivity index (χ4v) is 1.42. The van der Waals surface area contributed by atoms with Gasteiger partial charge in [-0.3, -0.25) is 4.68 Å². The summed E-state index contributed by atoms with van der Waals surface area (Å²) in [5.74, 6) is 0. The first-order valence-corrected chi connectivity index (χ1v) is 4.67. The van der Waals surface area contributed by atoms with Crippen molar-refractivity contribution in [2.45, 2.75) is 6.54 Å². The third kappa shape index (κ3) is 2.03. The second kappa shape index (κ2) is 3.53. The first-order valence-electron chi connectivity index (χ1n) is 3.83. The van der Waals surface area contributed by atoms with Crippen LogP contribution in [0.15, 0.2) is 17.8 Å². The number of aromatic nitrogens is 4. The van der Waals surface area contributed by atoms with Gasteiger partial charge in [0, 0.05) is 18.6 Å². The highest BCUT2D eigenvalue weighted by molar-refractivity contribution is 7.03. The first kappa shape index (κ1) is 8.18. The van der Waals surface area contributed by atoms with E-state index in [1.165, 1.54) is 11.5 Å². The smallest absolute Gasteiger partial charge is 0.0946 e. The van der Waals surface area contributed by atoms with E-state index in [1.54, 1.807) is 10.9 Å². The van der Waals surface area contributed by atoms with Crippen molar-refractivity contribution in [3.05, 3.63) is 23.5 Å². The fourth-order valence-electron chi connectivity index (χ4n) is 0.966. The summed E-state index contributed by atoms with van der Waals surface area (Å²) in [6.07, 6.45) is 3.69. The Morgan fingerprint density at radius 2 is 2.54 bits per heavy atom. The Kier molecular flexibility index (Phi) is 2.22. The Bertz CT molecular complexity index is 366. The van der Waals surface area contributed by atoms with Crippen LogP contribution in [0.3, 0.4) is 0 Å². The molecule has 0 unspecified atom stereocenters. The van der Waals surface area contributed by atoms with Crippen molar-refractivity contribution in [2.24, 2.45) is 7.05 Å². The average Bonchev–Trinajstić information content (AvgIpc) is 2.71. The van der Waals surface area contributed by atoms with E-state index in [1.807, 2.05) is 18.6 Å². The Morgan fingerprint density at radius 1 is 1.62 bits per heavy atom. The van der Waals surface area contributed by atoms with Gasteiger partial charge in [0.05, 0.1) is 24.1 Å². The van der Waals surface area contributed by atoms with Gasteiger partial charge in [-0.1, -0.05) is 4.49 Å². The standard InChI is InChI=1S/C7H9N5S/c1-12-4-6(3-9-12)8-2-7-5-13-11-10-7/h3-5,8H,2H2,1H3. The van der Waals surface area contributed by atoms with Gasteiger partial charge in [-0.25, -0.2) is 0 Å². The summed E-state index contributed by atoms with van der Waals surface area (Å²) in [6, 6.07) is 0. The maximum absolute atomic E-state index is 4.04. The molecule has 0 amide bonds. The van der Waals surface area contributed by atoms with E-state index in [0.717, 1.165) is 11.4 Å². The molecular formula is C7H9N5S. The molecule has 0 bridgehead atoms. The van der Waals surface area contributed by atoms with Gasteiger partial charge in [-0.05, 0) is 11.5 Å². The topological polar surface area (TPSA) is 55.6 Å². The number of hydrogen-bond donors (Lipinski definition) is 1. The summed E-state index contributed by atoms with van der Waals surface area (Å²) in [5.41, 5.74) is 1.95. The minimum atomic E-state index is 0.697. The molecule has 0 aliphatic carbocycles. The largest absolute Gasteiger partial charge is 0.377 e. The zero-order valence-electron chi connectivity index (χ0n) is 7.14. The number of nitrogens with zero attached hydrogens (tertiary/aromatic N) is 4. The van der Waals surface area contributed by atoms with Crippen molar-refractivity contribution in [3.63, 3.8) is 0 Å². The van der Waals surface area contributed by atoms with Gasteiger partial charge in [0.15, 0.2) is 0 Å². The van der Waals surface area contributed by atoms with Gasteiger partial charge >= 0.3 is 0 Å². The molecule has 0 radical (unpaired) electrons. The molecule has 2 aromatic rings. The van der Waals surface area contributed by atoms with Gasteiger partial charge in [0.25, 0.3) is 0 Å². The molecule has 5 nitrogen and oxygen atoms in total. The van der Waals surface area contributed by atoms with Crippen molar-refractivity contribution in [1.82, 2.24) is 19.4 Å². The van der Waals surface area contributed by atoms with Crippen LogP contribution in [-0.4, -0.2) is 19.4 Å². The molecule has 2 aromatic heterocycles. The average molecular weight is 195 g/mol. The Labute approximate surface area is 79.6 Å². The normalized spacial score (nSPS) is 10.2. The maximum Gasteiger partial charge on any atom is 0.0946 e. The van der Waals surface area contributed by atoms with E-state index < -0.39 is 0 Å². The first-order chi connectivity index (χ1) is 6.34. The molecule has 0 saturated carbocycles. The summed E-state index contributed by atoms with van der Waals surface area (Å²) in [4.78, 5) is 0. The lowest BCUT2D eigenvalue weighted by atomic mass is 10.4. The van der Waals surface area contributed by atoms with Gasteiger partial charge < -0.3 is 5.32 Å². The van der Waals surface area contributed by atoms with Crippen LogP contribution in [0.5, 0.6) is 0 Å². The van der Waals surface area contributed by atoms with E-state index >= 15 is 0 Å². The summed E-state index contributed by atoms with van der Waals surface area (Å²) < 4.78 is 5.52. The fraction of sp³-hybridized carbons (Fsp3) is 0.286. The van der Waals surface area contributed by atoms with Gasteiger partial charge in [0.2, 0.25) is 0 Å². The van der Waals surface area contributed by atoms with Crippen LogP contribution in [0.2, 0.25) is 0 Å². The van der Waals surface area contributed by atoms with Crippen LogP contribution in [0.4, 0.5) is 5.69 Å². The van der Waals surface area contributed by atoms with E-state index in [9.17, 15) is 0 Å². The highest BCUT2D eigenvalue weighted by Gasteiger charge is 1.97. The molecule has 0 fully saturated rings. The van der Waals surface area contributed by atoms with Crippen molar-refractivity contribution < 1.29 is 0 Å². The summed E-state index contributed by atoms with van der Waals surface area (Å²) in [7, 11) is 1.88. The van der Waals surface area contributed by atoms with Gasteiger partial charge in [0.1, 0.15) is 0 Å². The van der Waals surface area contributed by atoms with E-state index in [2.05, 4.69) is 20.0 Å². The number of aryl methyl sites for hydroxylation is 1. The molecule has 0 aliphatic heterocycles. The van der Waals surface area contributed by atoms with Crippen molar-refractivity contribution >= 4 is 17.2 Å². The van der Waals surface area contributed by atoms with Crippen molar-refractivity contribution in [2.75, 3.05) is 5.32 Å². The summed E-state index contributed by atoms with van der Waals surface area (Å²) >= 11 is 1.36. The number of rotatable bonds is 3. The Morgan fingerprint density at radius 3 is 3.15 bits per heavy atom. The zero-order valence-corrected chi connectivity index (χ0v) is 7.95.